The van der Waals surface area contributed by atoms with Crippen LogP contribution < -0.4 is 20.7 Å². The second kappa shape index (κ2) is 11.3. The van der Waals surface area contributed by atoms with E-state index in [0.29, 0.717) is 6.42 Å². The Bertz CT molecular complexity index is 632. The summed E-state index contributed by atoms with van der Waals surface area (Å²) in [6.45, 7) is 4.62. The molecule has 1 fully saturated rings. The third-order valence-electron chi connectivity index (χ3n) is 3.48. The average Bonchev–Trinajstić information content (AvgIpc) is 3.25. The lowest BCUT2D eigenvalue weighted by molar-refractivity contribution is -0.140. The fourth-order valence-corrected chi connectivity index (χ4v) is 2.76. The summed E-state index contributed by atoms with van der Waals surface area (Å²) in [5.41, 5.74) is 0. The Morgan fingerprint density at radius 2 is 2.07 bits per heavy atom. The Labute approximate surface area is 160 Å². The van der Waals surface area contributed by atoms with Crippen molar-refractivity contribution in [3.8, 4) is 6.01 Å². The van der Waals surface area contributed by atoms with E-state index in [2.05, 4.69) is 25.3 Å². The molecule has 0 radical (unpaired) electrons. The molecule has 152 valence electrons. The number of amides is 2. The molecule has 1 saturated heterocycles. The largest absolute Gasteiger partial charge is 0.480 e. The summed E-state index contributed by atoms with van der Waals surface area (Å²) < 4.78 is 8.57. The molecule has 0 spiro atoms. The minimum Gasteiger partial charge on any atom is -0.480 e. The van der Waals surface area contributed by atoms with E-state index in [1.807, 2.05) is 13.8 Å². The summed E-state index contributed by atoms with van der Waals surface area (Å²) in [6, 6.07) is -1.69. The smallest absolute Gasteiger partial charge is 0.329 e. The zero-order chi connectivity index (χ0) is 20.4. The van der Waals surface area contributed by atoms with E-state index in [1.165, 1.54) is 7.11 Å². The van der Waals surface area contributed by atoms with Crippen LogP contribution >= 0.6 is 11.5 Å². The lowest BCUT2D eigenvalue weighted by Crippen LogP contribution is -2.43. The van der Waals surface area contributed by atoms with Crippen molar-refractivity contribution in [2.75, 3.05) is 19.0 Å². The number of urea groups is 1. The van der Waals surface area contributed by atoms with Crippen LogP contribution in [0, 0.1) is 5.92 Å². The number of hydrogen-bond acceptors (Lipinski definition) is 8. The van der Waals surface area contributed by atoms with Crippen molar-refractivity contribution in [3.63, 3.8) is 0 Å². The second-order valence-corrected chi connectivity index (χ2v) is 6.94. The maximum Gasteiger partial charge on any atom is 0.329 e. The number of carboxylic acids is 2. The molecule has 0 aromatic carbocycles. The molecule has 12 heteroatoms. The van der Waals surface area contributed by atoms with Crippen LogP contribution in [-0.2, 0) is 9.59 Å². The molecule has 2 amide bonds. The number of nitrogens with one attached hydrogen (secondary N) is 3. The molecule has 1 aliphatic rings. The molecule has 0 saturated carbocycles. The Kier molecular flexibility index (Phi) is 9.44. The summed E-state index contributed by atoms with van der Waals surface area (Å²) in [4.78, 5) is 36.6. The highest BCUT2D eigenvalue weighted by molar-refractivity contribution is 7.10. The maximum absolute atomic E-state index is 11.6. The third-order valence-corrected chi connectivity index (χ3v) is 4.09. The number of hydrogen-bond donors (Lipinski definition) is 5. The summed E-state index contributed by atoms with van der Waals surface area (Å²) >= 11 is 0.946. The van der Waals surface area contributed by atoms with E-state index in [1.54, 1.807) is 0 Å². The van der Waals surface area contributed by atoms with Gasteiger partial charge in [0.05, 0.1) is 7.11 Å². The number of carboxylic acid groups (broad SMARTS) is 2. The normalized spacial score (nSPS) is 16.8. The van der Waals surface area contributed by atoms with Crippen molar-refractivity contribution in [2.45, 2.75) is 45.2 Å². The van der Waals surface area contributed by atoms with Gasteiger partial charge in [0.25, 0.3) is 0 Å². The predicted octanol–water partition coefficient (Wildman–Crippen LogP) is 0.990. The number of rotatable bonds is 7. The van der Waals surface area contributed by atoms with E-state index >= 15 is 0 Å². The van der Waals surface area contributed by atoms with Crippen LogP contribution in [0.5, 0.6) is 6.01 Å². The minimum absolute atomic E-state index is 0.150. The number of ether oxygens (including phenoxy) is 1. The van der Waals surface area contributed by atoms with Gasteiger partial charge in [0, 0.05) is 11.5 Å². The molecule has 0 aliphatic carbocycles. The number of methoxy groups -OCH3 is 1. The lowest BCUT2D eigenvalue weighted by Gasteiger charge is -2.16. The van der Waals surface area contributed by atoms with Crippen LogP contribution in [0.4, 0.5) is 9.93 Å². The number of anilines is 1. The van der Waals surface area contributed by atoms with E-state index < -0.39 is 24.0 Å². The first-order valence-electron chi connectivity index (χ1n) is 8.37. The van der Waals surface area contributed by atoms with E-state index in [4.69, 9.17) is 14.9 Å². The van der Waals surface area contributed by atoms with Gasteiger partial charge in [0.15, 0.2) is 0 Å². The molecule has 5 N–H and O–H groups in total. The fourth-order valence-electron chi connectivity index (χ4n) is 2.22. The molecule has 0 unspecified atom stereocenters. The van der Waals surface area contributed by atoms with Gasteiger partial charge in [0.2, 0.25) is 5.13 Å². The molecular weight excluding hydrogens is 378 g/mol. The standard InChI is InChI=1S/C10H16N4O4S.C5H9NO2/c1-5(2)4-6(7(15)16)11-8(17)12-10-13-9(18-3)14-19-10;7-5(8)4-2-1-3-6-4/h5-6H,4H2,1-3H3,(H,15,16)(H2,11,12,13,14,17);4,6H,1-3H2,(H,7,8)/t6-;4-/m00/s1. The SMILES string of the molecule is COc1nsc(NC(=O)N[C@@H](CC(C)C)C(=O)O)n1.O=C(O)[C@@H]1CCCN1. The number of carbonyl (C=O) groups excluding carboxylic acids is 1. The molecule has 2 heterocycles. The topological polar surface area (TPSA) is 163 Å². The molecular formula is C15H25N5O6S. The van der Waals surface area contributed by atoms with Gasteiger partial charge in [-0.15, -0.1) is 4.37 Å². The summed E-state index contributed by atoms with van der Waals surface area (Å²) in [6.07, 6.45) is 2.13. The van der Waals surface area contributed by atoms with Crippen LogP contribution in [0.3, 0.4) is 0 Å². The van der Waals surface area contributed by atoms with E-state index in [9.17, 15) is 14.4 Å². The molecule has 27 heavy (non-hydrogen) atoms. The summed E-state index contributed by atoms with van der Waals surface area (Å²) in [5.74, 6) is -1.63. The van der Waals surface area contributed by atoms with Gasteiger partial charge in [-0.25, -0.2) is 9.59 Å². The van der Waals surface area contributed by atoms with Crippen molar-refractivity contribution in [3.05, 3.63) is 0 Å². The molecule has 1 aromatic rings. The van der Waals surface area contributed by atoms with Gasteiger partial charge < -0.3 is 25.6 Å². The van der Waals surface area contributed by atoms with Crippen molar-refractivity contribution >= 4 is 34.6 Å². The number of carbonyl (C=O) groups is 3. The quantitative estimate of drug-likeness (QED) is 0.447. The molecule has 2 atom stereocenters. The van der Waals surface area contributed by atoms with Crippen LogP contribution in [0.15, 0.2) is 0 Å². The van der Waals surface area contributed by atoms with Crippen molar-refractivity contribution in [2.24, 2.45) is 5.92 Å². The molecule has 2 rings (SSSR count). The fraction of sp³-hybridized carbons (Fsp3) is 0.667. The Morgan fingerprint density at radius 1 is 1.37 bits per heavy atom. The Hall–Kier alpha value is -2.47. The highest BCUT2D eigenvalue weighted by Gasteiger charge is 2.22. The highest BCUT2D eigenvalue weighted by atomic mass is 32.1. The lowest BCUT2D eigenvalue weighted by atomic mass is 10.0. The Balaban J connectivity index is 0.000000377. The van der Waals surface area contributed by atoms with E-state index in [-0.39, 0.29) is 23.1 Å². The first-order valence-corrected chi connectivity index (χ1v) is 9.14. The van der Waals surface area contributed by atoms with Gasteiger partial charge >= 0.3 is 24.0 Å². The van der Waals surface area contributed by atoms with Crippen LogP contribution in [0.2, 0.25) is 0 Å². The van der Waals surface area contributed by atoms with Crippen LogP contribution in [0.25, 0.3) is 0 Å². The van der Waals surface area contributed by atoms with E-state index in [0.717, 1.165) is 30.9 Å². The van der Waals surface area contributed by atoms with Gasteiger partial charge in [-0.1, -0.05) is 13.8 Å². The first kappa shape index (κ1) is 22.6. The van der Waals surface area contributed by atoms with Gasteiger partial charge in [-0.2, -0.15) is 4.98 Å². The number of aliphatic carboxylic acids is 2. The maximum atomic E-state index is 11.6. The van der Waals surface area contributed by atoms with Gasteiger partial charge in [-0.3, -0.25) is 10.1 Å². The molecule has 1 aromatic heterocycles. The minimum atomic E-state index is -1.07. The molecule has 11 nitrogen and oxygen atoms in total. The summed E-state index contributed by atoms with van der Waals surface area (Å²) in [7, 11) is 1.41. The molecule has 1 aliphatic heterocycles. The van der Waals surface area contributed by atoms with Crippen molar-refractivity contribution in [1.29, 1.82) is 0 Å². The summed E-state index contributed by atoms with van der Waals surface area (Å²) in [5, 5.41) is 25.2. The molecule has 0 bridgehead atoms. The van der Waals surface area contributed by atoms with Gasteiger partial charge in [0.1, 0.15) is 12.1 Å². The second-order valence-electron chi connectivity index (χ2n) is 6.19. The predicted molar refractivity (Wildman–Crippen MR) is 98.2 cm³/mol. The third kappa shape index (κ3) is 8.64. The van der Waals surface area contributed by atoms with Gasteiger partial charge in [-0.05, 0) is 31.7 Å². The first-order chi connectivity index (χ1) is 12.7. The number of aromatic nitrogens is 2. The zero-order valence-corrected chi connectivity index (χ0v) is 16.2. The van der Waals surface area contributed by atoms with Crippen molar-refractivity contribution < 1.29 is 29.3 Å². The Morgan fingerprint density at radius 3 is 2.48 bits per heavy atom. The van der Waals surface area contributed by atoms with Crippen LogP contribution in [0.1, 0.15) is 33.1 Å². The average molecular weight is 403 g/mol. The zero-order valence-electron chi connectivity index (χ0n) is 15.4. The van der Waals surface area contributed by atoms with Crippen LogP contribution in [-0.4, -0.2) is 63.3 Å². The monoisotopic (exact) mass is 403 g/mol. The van der Waals surface area contributed by atoms with Crippen molar-refractivity contribution in [1.82, 2.24) is 20.0 Å². The highest BCUT2D eigenvalue weighted by Crippen LogP contribution is 2.15. The number of nitrogens with zero attached hydrogens (tertiary/aromatic N) is 2.